The number of benzene rings is 1. The van der Waals surface area contributed by atoms with Gasteiger partial charge >= 0.3 is 0 Å². The summed E-state index contributed by atoms with van der Waals surface area (Å²) in [6, 6.07) is 8.98. The summed E-state index contributed by atoms with van der Waals surface area (Å²) in [5.74, 6) is 0.0117. The maximum Gasteiger partial charge on any atom is 0.244 e. The van der Waals surface area contributed by atoms with E-state index in [1.54, 1.807) is 0 Å². The van der Waals surface area contributed by atoms with Gasteiger partial charge in [-0.2, -0.15) is 12.6 Å². The molecule has 0 radical (unpaired) electrons. The molecule has 1 aliphatic rings. The van der Waals surface area contributed by atoms with Crippen molar-refractivity contribution in [1.82, 2.24) is 9.80 Å². The van der Waals surface area contributed by atoms with E-state index in [1.165, 1.54) is 0 Å². The number of piperazine rings is 1. The lowest BCUT2D eigenvalue weighted by atomic mass is 10.1. The molecule has 0 saturated carbocycles. The van der Waals surface area contributed by atoms with Gasteiger partial charge in [0.05, 0.1) is 5.37 Å². The lowest BCUT2D eigenvalue weighted by molar-refractivity contribution is -0.134. The van der Waals surface area contributed by atoms with Crippen LogP contribution in [0.3, 0.4) is 0 Å². The fraction of sp³-hybridized carbons (Fsp3) is 0.500. The second-order valence-corrected chi connectivity index (χ2v) is 5.63. The molecule has 0 spiro atoms. The molecule has 0 aromatic heterocycles. The normalized spacial score (nSPS) is 20.1. The Morgan fingerprint density at radius 2 is 1.79 bits per heavy atom. The Bertz CT molecular complexity index is 416. The van der Waals surface area contributed by atoms with Crippen LogP contribution in [-0.2, 0) is 4.79 Å². The van der Waals surface area contributed by atoms with Crippen LogP contribution in [0.5, 0.6) is 0 Å². The average molecular weight is 279 g/mol. The highest BCUT2D eigenvalue weighted by atomic mass is 32.1. The molecular formula is C14H21N3OS. The molecule has 1 aromatic rings. The van der Waals surface area contributed by atoms with E-state index >= 15 is 0 Å². The van der Waals surface area contributed by atoms with E-state index in [2.05, 4.69) is 24.5 Å². The highest BCUT2D eigenvalue weighted by molar-refractivity contribution is 7.80. The van der Waals surface area contributed by atoms with Crippen molar-refractivity contribution in [3.05, 3.63) is 35.9 Å². The van der Waals surface area contributed by atoms with Gasteiger partial charge in [-0.15, -0.1) is 0 Å². The number of carbonyl (C=O) groups is 1. The molecule has 4 nitrogen and oxygen atoms in total. The first-order valence-corrected chi connectivity index (χ1v) is 7.12. The summed E-state index contributed by atoms with van der Waals surface area (Å²) in [5.41, 5.74) is 6.92. The molecule has 2 unspecified atom stereocenters. The van der Waals surface area contributed by atoms with Crippen LogP contribution in [0.1, 0.15) is 18.5 Å². The molecule has 0 bridgehead atoms. The van der Waals surface area contributed by atoms with Gasteiger partial charge in [-0.3, -0.25) is 9.69 Å². The Balaban J connectivity index is 1.94. The molecule has 1 amide bonds. The largest absolute Gasteiger partial charge is 0.338 e. The Kier molecular flexibility index (Phi) is 4.85. The van der Waals surface area contributed by atoms with Gasteiger partial charge in [0, 0.05) is 26.2 Å². The maximum atomic E-state index is 12.3. The highest BCUT2D eigenvalue weighted by Crippen LogP contribution is 2.15. The molecule has 5 heteroatoms. The lowest BCUT2D eigenvalue weighted by Gasteiger charge is -2.37. The van der Waals surface area contributed by atoms with E-state index in [0.717, 1.165) is 31.7 Å². The van der Waals surface area contributed by atoms with E-state index in [0.29, 0.717) is 0 Å². The third kappa shape index (κ3) is 3.49. The fourth-order valence-electron chi connectivity index (χ4n) is 2.32. The Morgan fingerprint density at radius 1 is 1.21 bits per heavy atom. The van der Waals surface area contributed by atoms with Crippen LogP contribution in [0.2, 0.25) is 0 Å². The second kappa shape index (κ2) is 6.41. The molecule has 19 heavy (non-hydrogen) atoms. The minimum atomic E-state index is -0.554. The van der Waals surface area contributed by atoms with Crippen LogP contribution in [0.15, 0.2) is 30.3 Å². The molecule has 1 heterocycles. The number of hydrogen-bond acceptors (Lipinski definition) is 4. The maximum absolute atomic E-state index is 12.3. The zero-order valence-corrected chi connectivity index (χ0v) is 12.1. The Hall–Kier alpha value is -1.04. The second-order valence-electron chi connectivity index (χ2n) is 4.88. The van der Waals surface area contributed by atoms with Crippen molar-refractivity contribution < 1.29 is 4.79 Å². The van der Waals surface area contributed by atoms with E-state index in [9.17, 15) is 4.79 Å². The van der Waals surface area contributed by atoms with Crippen LogP contribution in [0.25, 0.3) is 0 Å². The highest BCUT2D eigenvalue weighted by Gasteiger charge is 2.26. The molecule has 1 aliphatic heterocycles. The van der Waals surface area contributed by atoms with Gasteiger partial charge < -0.3 is 10.6 Å². The van der Waals surface area contributed by atoms with Crippen LogP contribution in [-0.4, -0.2) is 47.3 Å². The topological polar surface area (TPSA) is 49.6 Å². The number of amides is 1. The number of thiol groups is 1. The standard InChI is InChI=1S/C14H21N3OS/c1-11(19)16-7-9-17(10-8-16)14(18)13(15)12-5-3-2-4-6-12/h2-6,11,13,19H,7-10,15H2,1H3. The number of rotatable bonds is 3. The third-order valence-electron chi connectivity index (χ3n) is 3.58. The molecule has 0 aliphatic carbocycles. The van der Waals surface area contributed by atoms with Crippen molar-refractivity contribution in [3.63, 3.8) is 0 Å². The quantitative estimate of drug-likeness (QED) is 0.815. The van der Waals surface area contributed by atoms with Crippen LogP contribution < -0.4 is 5.73 Å². The monoisotopic (exact) mass is 279 g/mol. The van der Waals surface area contributed by atoms with Gasteiger partial charge in [-0.05, 0) is 12.5 Å². The van der Waals surface area contributed by atoms with E-state index in [1.807, 2.05) is 35.2 Å². The van der Waals surface area contributed by atoms with Crippen LogP contribution in [0.4, 0.5) is 0 Å². The summed E-state index contributed by atoms with van der Waals surface area (Å²) >= 11 is 4.42. The van der Waals surface area contributed by atoms with Gasteiger partial charge in [-0.25, -0.2) is 0 Å². The number of nitrogens with two attached hydrogens (primary N) is 1. The molecule has 2 atom stereocenters. The molecular weight excluding hydrogens is 258 g/mol. The van der Waals surface area contributed by atoms with Gasteiger partial charge in [-0.1, -0.05) is 30.3 Å². The van der Waals surface area contributed by atoms with Crippen molar-refractivity contribution >= 4 is 18.5 Å². The minimum absolute atomic E-state index is 0.0117. The van der Waals surface area contributed by atoms with Crippen molar-refractivity contribution in [3.8, 4) is 0 Å². The smallest absolute Gasteiger partial charge is 0.244 e. The van der Waals surface area contributed by atoms with E-state index in [4.69, 9.17) is 5.73 Å². The number of hydrogen-bond donors (Lipinski definition) is 2. The summed E-state index contributed by atoms with van der Waals surface area (Å²) in [4.78, 5) is 16.4. The summed E-state index contributed by atoms with van der Waals surface area (Å²) < 4.78 is 0. The molecule has 1 aromatic carbocycles. The third-order valence-corrected chi connectivity index (χ3v) is 3.91. The van der Waals surface area contributed by atoms with E-state index < -0.39 is 6.04 Å². The fourth-order valence-corrected chi connectivity index (χ4v) is 2.55. The summed E-state index contributed by atoms with van der Waals surface area (Å²) in [6.45, 7) is 5.22. The van der Waals surface area contributed by atoms with Crippen molar-refractivity contribution in [1.29, 1.82) is 0 Å². The first-order chi connectivity index (χ1) is 9.09. The Labute approximate surface area is 120 Å². The first kappa shape index (κ1) is 14.4. The number of nitrogens with zero attached hydrogens (tertiary/aromatic N) is 2. The lowest BCUT2D eigenvalue weighted by Crippen LogP contribution is -2.52. The van der Waals surface area contributed by atoms with Gasteiger partial charge in [0.15, 0.2) is 0 Å². The molecule has 1 fully saturated rings. The number of carbonyl (C=O) groups excluding carboxylic acids is 1. The molecule has 1 saturated heterocycles. The molecule has 2 rings (SSSR count). The average Bonchev–Trinajstić information content (AvgIpc) is 2.46. The van der Waals surface area contributed by atoms with Crippen LogP contribution >= 0.6 is 12.6 Å². The molecule has 2 N–H and O–H groups in total. The SMILES string of the molecule is CC(S)N1CCN(C(=O)C(N)c2ccccc2)CC1. The molecule has 104 valence electrons. The zero-order valence-electron chi connectivity index (χ0n) is 11.2. The zero-order chi connectivity index (χ0) is 13.8. The van der Waals surface area contributed by atoms with Gasteiger partial charge in [0.1, 0.15) is 6.04 Å². The van der Waals surface area contributed by atoms with Crippen molar-refractivity contribution in [2.75, 3.05) is 26.2 Å². The first-order valence-electron chi connectivity index (χ1n) is 6.61. The summed E-state index contributed by atoms with van der Waals surface area (Å²) in [5, 5.41) is 0.236. The van der Waals surface area contributed by atoms with Crippen LogP contribution in [0, 0.1) is 0 Å². The van der Waals surface area contributed by atoms with Crippen molar-refractivity contribution in [2.24, 2.45) is 5.73 Å². The van der Waals surface area contributed by atoms with Crippen molar-refractivity contribution in [2.45, 2.75) is 18.3 Å². The van der Waals surface area contributed by atoms with Gasteiger partial charge in [0.2, 0.25) is 5.91 Å². The van der Waals surface area contributed by atoms with Gasteiger partial charge in [0.25, 0.3) is 0 Å². The Morgan fingerprint density at radius 3 is 2.32 bits per heavy atom. The predicted molar refractivity (Wildman–Crippen MR) is 80.0 cm³/mol. The predicted octanol–water partition coefficient (Wildman–Crippen LogP) is 1.11. The summed E-state index contributed by atoms with van der Waals surface area (Å²) in [7, 11) is 0. The van der Waals surface area contributed by atoms with E-state index in [-0.39, 0.29) is 11.3 Å². The minimum Gasteiger partial charge on any atom is -0.338 e. The summed E-state index contributed by atoms with van der Waals surface area (Å²) in [6.07, 6.45) is 0.